The van der Waals surface area contributed by atoms with E-state index in [1.54, 1.807) is 36.4 Å². The Kier molecular flexibility index (Phi) is 4.67. The number of hydrogen-bond donors (Lipinski definition) is 0. The Morgan fingerprint density at radius 1 is 1.00 bits per heavy atom. The van der Waals surface area contributed by atoms with Crippen LogP contribution in [0.4, 0.5) is 4.39 Å². The summed E-state index contributed by atoms with van der Waals surface area (Å²) in [6, 6.07) is 16.5. The SMILES string of the molecule is O=C(Oc1ccc2c(c1)O/C(=C/c1ccc(F)cc1)C2=O)c1ccc(Cl)cc1. The molecule has 4 rings (SSSR count). The van der Waals surface area contributed by atoms with E-state index in [4.69, 9.17) is 21.1 Å². The molecule has 28 heavy (non-hydrogen) atoms. The summed E-state index contributed by atoms with van der Waals surface area (Å²) in [5, 5.41) is 0.515. The first-order valence-corrected chi connectivity index (χ1v) is 8.69. The fourth-order valence-electron chi connectivity index (χ4n) is 2.69. The van der Waals surface area contributed by atoms with Crippen LogP contribution in [-0.4, -0.2) is 11.8 Å². The number of esters is 1. The number of rotatable bonds is 3. The van der Waals surface area contributed by atoms with Crippen molar-refractivity contribution in [1.82, 2.24) is 0 Å². The predicted octanol–water partition coefficient (Wildman–Crippen LogP) is 5.31. The van der Waals surface area contributed by atoms with Crippen molar-refractivity contribution in [3.63, 3.8) is 0 Å². The number of Topliss-reactive ketones (excluding diaryl/α,β-unsaturated/α-hetero) is 1. The monoisotopic (exact) mass is 394 g/mol. The van der Waals surface area contributed by atoms with Crippen LogP contribution < -0.4 is 9.47 Å². The molecule has 0 spiro atoms. The van der Waals surface area contributed by atoms with Gasteiger partial charge in [0.25, 0.3) is 0 Å². The third kappa shape index (κ3) is 3.66. The van der Waals surface area contributed by atoms with Crippen molar-refractivity contribution in [2.45, 2.75) is 0 Å². The van der Waals surface area contributed by atoms with E-state index in [2.05, 4.69) is 0 Å². The molecule has 0 saturated heterocycles. The topological polar surface area (TPSA) is 52.6 Å². The van der Waals surface area contributed by atoms with Gasteiger partial charge in [0.05, 0.1) is 11.1 Å². The molecule has 0 unspecified atom stereocenters. The third-order valence-electron chi connectivity index (χ3n) is 4.10. The minimum absolute atomic E-state index is 0.114. The molecule has 1 aliphatic heterocycles. The molecule has 0 aromatic heterocycles. The Balaban J connectivity index is 1.54. The summed E-state index contributed by atoms with van der Waals surface area (Å²) in [5.41, 5.74) is 1.34. The van der Waals surface area contributed by atoms with E-state index in [0.717, 1.165) is 0 Å². The number of benzene rings is 3. The molecule has 0 fully saturated rings. The van der Waals surface area contributed by atoms with Gasteiger partial charge in [-0.05, 0) is 60.2 Å². The quantitative estimate of drug-likeness (QED) is 0.343. The molecule has 0 radical (unpaired) electrons. The Bertz CT molecular complexity index is 1100. The smallest absolute Gasteiger partial charge is 0.343 e. The Hall–Kier alpha value is -3.44. The first-order chi connectivity index (χ1) is 13.5. The molecule has 3 aromatic rings. The van der Waals surface area contributed by atoms with E-state index < -0.39 is 5.97 Å². The van der Waals surface area contributed by atoms with Crippen molar-refractivity contribution in [1.29, 1.82) is 0 Å². The van der Waals surface area contributed by atoms with Crippen molar-refractivity contribution < 1.29 is 23.5 Å². The highest BCUT2D eigenvalue weighted by Crippen LogP contribution is 2.35. The van der Waals surface area contributed by atoms with Crippen LogP contribution >= 0.6 is 11.6 Å². The van der Waals surface area contributed by atoms with Gasteiger partial charge in [0, 0.05) is 11.1 Å². The van der Waals surface area contributed by atoms with Crippen molar-refractivity contribution in [3.8, 4) is 11.5 Å². The Morgan fingerprint density at radius 2 is 1.71 bits per heavy atom. The van der Waals surface area contributed by atoms with Crippen molar-refractivity contribution in [2.75, 3.05) is 0 Å². The average molecular weight is 395 g/mol. The highest BCUT2D eigenvalue weighted by molar-refractivity contribution is 6.30. The van der Waals surface area contributed by atoms with Gasteiger partial charge in [-0.2, -0.15) is 0 Å². The lowest BCUT2D eigenvalue weighted by Gasteiger charge is -2.05. The lowest BCUT2D eigenvalue weighted by Crippen LogP contribution is -2.08. The maximum absolute atomic E-state index is 13.0. The molecule has 0 amide bonds. The molecule has 0 saturated carbocycles. The lowest BCUT2D eigenvalue weighted by atomic mass is 10.1. The highest BCUT2D eigenvalue weighted by Gasteiger charge is 2.28. The van der Waals surface area contributed by atoms with Gasteiger partial charge in [-0.3, -0.25) is 4.79 Å². The van der Waals surface area contributed by atoms with Crippen LogP contribution in [0.1, 0.15) is 26.3 Å². The maximum atomic E-state index is 13.0. The van der Waals surface area contributed by atoms with Crippen LogP contribution in [0.15, 0.2) is 72.5 Å². The summed E-state index contributed by atoms with van der Waals surface area (Å²) in [6.07, 6.45) is 1.53. The summed E-state index contributed by atoms with van der Waals surface area (Å²) >= 11 is 5.81. The van der Waals surface area contributed by atoms with Crippen LogP contribution in [0.3, 0.4) is 0 Å². The molecule has 0 bridgehead atoms. The van der Waals surface area contributed by atoms with E-state index in [1.807, 2.05) is 0 Å². The van der Waals surface area contributed by atoms with Gasteiger partial charge < -0.3 is 9.47 Å². The largest absolute Gasteiger partial charge is 0.452 e. The zero-order chi connectivity index (χ0) is 19.7. The number of allylic oxidation sites excluding steroid dienone is 1. The minimum atomic E-state index is -0.553. The van der Waals surface area contributed by atoms with Gasteiger partial charge in [-0.1, -0.05) is 23.7 Å². The fourth-order valence-corrected chi connectivity index (χ4v) is 2.82. The summed E-state index contributed by atoms with van der Waals surface area (Å²) < 4.78 is 24.0. The van der Waals surface area contributed by atoms with Gasteiger partial charge >= 0.3 is 5.97 Å². The number of fused-ring (bicyclic) bond motifs is 1. The zero-order valence-corrected chi connectivity index (χ0v) is 15.1. The Labute approximate surface area is 164 Å². The van der Waals surface area contributed by atoms with Crippen LogP contribution in [-0.2, 0) is 0 Å². The van der Waals surface area contributed by atoms with Gasteiger partial charge in [0.1, 0.15) is 17.3 Å². The second-order valence-corrected chi connectivity index (χ2v) is 6.48. The number of hydrogen-bond acceptors (Lipinski definition) is 4. The van der Waals surface area contributed by atoms with Crippen LogP contribution in [0.5, 0.6) is 11.5 Å². The molecule has 0 atom stereocenters. The fraction of sp³-hybridized carbons (Fsp3) is 0. The average Bonchev–Trinajstić information content (AvgIpc) is 2.99. The normalized spacial score (nSPS) is 13.9. The van der Waals surface area contributed by atoms with Crippen molar-refractivity contribution >= 4 is 29.4 Å². The van der Waals surface area contributed by atoms with Gasteiger partial charge in [-0.25, -0.2) is 9.18 Å². The van der Waals surface area contributed by atoms with E-state index >= 15 is 0 Å². The second-order valence-electron chi connectivity index (χ2n) is 6.05. The van der Waals surface area contributed by atoms with Crippen LogP contribution in [0.25, 0.3) is 6.08 Å². The summed E-state index contributed by atoms with van der Waals surface area (Å²) in [6.45, 7) is 0. The maximum Gasteiger partial charge on any atom is 0.343 e. The third-order valence-corrected chi connectivity index (χ3v) is 4.35. The van der Waals surface area contributed by atoms with Crippen molar-refractivity contribution in [2.24, 2.45) is 0 Å². The predicted molar refractivity (Wildman–Crippen MR) is 102 cm³/mol. The number of halogens is 2. The van der Waals surface area contributed by atoms with E-state index in [9.17, 15) is 14.0 Å². The number of ether oxygens (including phenoxy) is 2. The van der Waals surface area contributed by atoms with E-state index in [1.165, 1.54) is 36.4 Å². The molecular weight excluding hydrogens is 383 g/mol. The van der Waals surface area contributed by atoms with Gasteiger partial charge in [0.15, 0.2) is 5.76 Å². The molecule has 0 N–H and O–H groups in total. The van der Waals surface area contributed by atoms with Crippen LogP contribution in [0, 0.1) is 5.82 Å². The number of ketones is 1. The standard InChI is InChI=1S/C22H12ClFO4/c23-15-5-3-14(4-6-15)22(26)27-17-9-10-18-19(12-17)28-20(21(18)25)11-13-1-7-16(24)8-2-13/h1-12H/b20-11+. The summed E-state index contributed by atoms with van der Waals surface area (Å²) in [7, 11) is 0. The molecule has 1 aliphatic rings. The Morgan fingerprint density at radius 3 is 2.43 bits per heavy atom. The molecule has 1 heterocycles. The first-order valence-electron chi connectivity index (χ1n) is 8.31. The molecule has 6 heteroatoms. The molecule has 4 nitrogen and oxygen atoms in total. The number of carbonyl (C=O) groups excluding carboxylic acids is 2. The van der Waals surface area contributed by atoms with Crippen LogP contribution in [0.2, 0.25) is 5.02 Å². The first kappa shape index (κ1) is 17.9. The highest BCUT2D eigenvalue weighted by atomic mass is 35.5. The molecule has 138 valence electrons. The molecule has 0 aliphatic carbocycles. The second kappa shape index (κ2) is 7.29. The van der Waals surface area contributed by atoms with Gasteiger partial charge in [0.2, 0.25) is 5.78 Å². The van der Waals surface area contributed by atoms with E-state index in [0.29, 0.717) is 27.5 Å². The number of carbonyl (C=O) groups is 2. The molecular formula is C22H12ClFO4. The summed E-state index contributed by atoms with van der Waals surface area (Å²) in [4.78, 5) is 24.7. The van der Waals surface area contributed by atoms with Crippen molar-refractivity contribution in [3.05, 3.63) is 100 Å². The van der Waals surface area contributed by atoms with E-state index in [-0.39, 0.29) is 23.1 Å². The van der Waals surface area contributed by atoms with Gasteiger partial charge in [-0.15, -0.1) is 0 Å². The minimum Gasteiger partial charge on any atom is -0.452 e. The lowest BCUT2D eigenvalue weighted by molar-refractivity contribution is 0.0734. The summed E-state index contributed by atoms with van der Waals surface area (Å²) in [5.74, 6) is -0.564. The zero-order valence-electron chi connectivity index (χ0n) is 14.3. The molecule has 3 aromatic carbocycles.